The Labute approximate surface area is 352 Å². The van der Waals surface area contributed by atoms with Crippen molar-refractivity contribution in [3.63, 3.8) is 0 Å². The number of morpholine rings is 1. The lowest BCUT2D eigenvalue weighted by molar-refractivity contribution is 0.0353. The summed E-state index contributed by atoms with van der Waals surface area (Å²) >= 11 is 0. The number of carbonyl (C=O) groups is 2. The Morgan fingerprint density at radius 3 is 2.41 bits per heavy atom. The fourth-order valence-electron chi connectivity index (χ4n) is 8.68. The fraction of sp³-hybridized carbons (Fsp3) is 0.311. The first-order chi connectivity index (χ1) is 29.4. The van der Waals surface area contributed by atoms with Crippen LogP contribution in [0.2, 0.25) is 0 Å². The summed E-state index contributed by atoms with van der Waals surface area (Å²) in [4.78, 5) is 59.6. The maximum atomic E-state index is 15.2. The number of hydrogen-bond donors (Lipinski definition) is 2. The first-order valence-corrected chi connectivity index (χ1v) is 21.8. The quantitative estimate of drug-likeness (QED) is 0.133. The molecule has 3 aliphatic rings. The number of aromatic nitrogens is 3. The predicted octanol–water partition coefficient (Wildman–Crippen LogP) is 6.75. The molecule has 3 aromatic heterocycles. The molecule has 0 spiro atoms. The van der Waals surface area contributed by atoms with Crippen molar-refractivity contribution < 1.29 is 42.7 Å². The summed E-state index contributed by atoms with van der Waals surface area (Å²) in [6.07, 6.45) is 6.03. The third kappa shape index (κ3) is 8.15. The Balaban J connectivity index is 1.09. The molecule has 0 unspecified atom stereocenters. The van der Waals surface area contributed by atoms with Gasteiger partial charge in [0.2, 0.25) is 6.79 Å². The average molecular weight is 847 g/mol. The molecule has 9 rings (SSSR count). The lowest BCUT2D eigenvalue weighted by Crippen LogP contribution is -2.45. The van der Waals surface area contributed by atoms with Gasteiger partial charge >= 0.3 is 7.82 Å². The third-order valence-corrected chi connectivity index (χ3v) is 12.4. The van der Waals surface area contributed by atoms with Crippen molar-refractivity contribution in [2.24, 2.45) is 14.1 Å². The van der Waals surface area contributed by atoms with E-state index >= 15 is 9.59 Å². The van der Waals surface area contributed by atoms with Gasteiger partial charge in [0.05, 0.1) is 36.2 Å². The van der Waals surface area contributed by atoms with Crippen LogP contribution in [0.25, 0.3) is 22.3 Å². The molecule has 3 aromatic carbocycles. The molecule has 0 saturated carbocycles. The third-order valence-electron chi connectivity index (χ3n) is 12.0. The van der Waals surface area contributed by atoms with Crippen LogP contribution in [0.4, 0.5) is 11.4 Å². The molecule has 6 heterocycles. The fourth-order valence-corrected chi connectivity index (χ4v) is 9.08. The van der Waals surface area contributed by atoms with Gasteiger partial charge in [0, 0.05) is 74.0 Å². The summed E-state index contributed by atoms with van der Waals surface area (Å²) in [5.41, 5.74) is 6.67. The molecule has 0 aliphatic carbocycles. The van der Waals surface area contributed by atoms with Crippen molar-refractivity contribution in [2.45, 2.75) is 38.8 Å². The van der Waals surface area contributed by atoms with Crippen LogP contribution in [0.1, 0.15) is 50.4 Å². The Kier molecular flexibility index (Phi) is 10.9. The van der Waals surface area contributed by atoms with Gasteiger partial charge in [-0.1, -0.05) is 24.3 Å². The van der Waals surface area contributed by atoms with Crippen molar-refractivity contribution >= 4 is 42.0 Å². The van der Waals surface area contributed by atoms with E-state index in [1.807, 2.05) is 65.5 Å². The monoisotopic (exact) mass is 846 g/mol. The molecule has 3 aliphatic heterocycles. The number of ether oxygens (including phenoxy) is 3. The van der Waals surface area contributed by atoms with Crippen LogP contribution < -0.4 is 18.9 Å². The van der Waals surface area contributed by atoms with E-state index in [0.717, 1.165) is 68.7 Å². The molecule has 2 N–H and O–H groups in total. The number of amides is 2. The molecular formula is C45H47N6O9P. The lowest BCUT2D eigenvalue weighted by Gasteiger charge is -2.38. The number of rotatable bonds is 11. The number of carbonyl (C=O) groups excluding carboxylic acids is 2. The van der Waals surface area contributed by atoms with Crippen LogP contribution >= 0.6 is 7.82 Å². The second-order valence-electron chi connectivity index (χ2n) is 15.7. The van der Waals surface area contributed by atoms with Gasteiger partial charge in [-0.15, -0.1) is 0 Å². The summed E-state index contributed by atoms with van der Waals surface area (Å²) in [5, 5.41) is 0.813. The van der Waals surface area contributed by atoms with Gasteiger partial charge in [0.15, 0.2) is 11.5 Å². The average Bonchev–Trinajstić information content (AvgIpc) is 3.96. The zero-order chi connectivity index (χ0) is 42.4. The highest BCUT2D eigenvalue weighted by Gasteiger charge is 2.34. The number of anilines is 2. The van der Waals surface area contributed by atoms with Crippen molar-refractivity contribution in [3.8, 4) is 28.5 Å². The van der Waals surface area contributed by atoms with Crippen molar-refractivity contribution in [1.29, 1.82) is 0 Å². The molecule has 1 saturated heterocycles. The highest BCUT2D eigenvalue weighted by atomic mass is 31.2. The topological polar surface area (TPSA) is 161 Å². The number of aryl methyl sites for hydroxylation is 1. The van der Waals surface area contributed by atoms with E-state index < -0.39 is 7.82 Å². The molecule has 6 aromatic rings. The molecular weight excluding hydrogens is 800 g/mol. The number of pyridine rings is 1. The highest BCUT2D eigenvalue weighted by molar-refractivity contribution is 7.46. The van der Waals surface area contributed by atoms with Crippen molar-refractivity contribution in [1.82, 2.24) is 23.9 Å². The van der Waals surface area contributed by atoms with E-state index in [9.17, 15) is 14.4 Å². The number of nitrogens with zero attached hydrogens (tertiary/aromatic N) is 6. The maximum Gasteiger partial charge on any atom is 0.524 e. The minimum absolute atomic E-state index is 0.0241. The van der Waals surface area contributed by atoms with E-state index in [-0.39, 0.29) is 30.4 Å². The minimum Gasteiger partial charge on any atom is -0.454 e. The van der Waals surface area contributed by atoms with E-state index in [0.29, 0.717) is 57.5 Å². The predicted molar refractivity (Wildman–Crippen MR) is 228 cm³/mol. The second kappa shape index (κ2) is 16.5. The number of hydrogen-bond acceptors (Lipinski definition) is 9. The largest absolute Gasteiger partial charge is 0.524 e. The molecule has 15 nitrogen and oxygen atoms in total. The van der Waals surface area contributed by atoms with Crippen LogP contribution in [-0.4, -0.2) is 91.2 Å². The standard InChI is InChI=1S/C45H47N6O9P/c1-29-37(45(53)51(33-10-12-36(13-11-33)60-61(54,55)56)35-22-31-14-16-47(2)43(31)46-26-35)23-40(48(29)3)38-24-41-42(59-28-58-41)25-39(38)44(52)50-27-32-8-5-4-7-30(32)21-34(50)9-6-15-49-17-19-57-20-18-49/h4-5,7-8,10-14,16,22-26,34H,6,9,15,17-21,27-28H2,1-3H3,(H2,54,55,56)/t34-/m1/s1. The summed E-state index contributed by atoms with van der Waals surface area (Å²) in [7, 11) is -1.06. The second-order valence-corrected chi connectivity index (χ2v) is 16.9. The summed E-state index contributed by atoms with van der Waals surface area (Å²) in [6, 6.07) is 23.4. The van der Waals surface area contributed by atoms with E-state index in [1.165, 1.54) is 22.6 Å². The number of phosphoric acid groups is 1. The zero-order valence-electron chi connectivity index (χ0n) is 34.2. The Morgan fingerprint density at radius 2 is 1.66 bits per heavy atom. The number of benzene rings is 3. The maximum absolute atomic E-state index is 15.2. The van der Waals surface area contributed by atoms with Crippen LogP contribution in [0.15, 0.2) is 91.3 Å². The first-order valence-electron chi connectivity index (χ1n) is 20.3. The summed E-state index contributed by atoms with van der Waals surface area (Å²) in [6.45, 7) is 6.58. The molecule has 16 heteroatoms. The normalized spacial score (nSPS) is 16.5. The van der Waals surface area contributed by atoms with Gasteiger partial charge in [-0.25, -0.2) is 9.55 Å². The van der Waals surface area contributed by atoms with Crippen molar-refractivity contribution in [2.75, 3.05) is 44.5 Å². The molecule has 316 valence electrons. The number of fused-ring (bicyclic) bond motifs is 3. The molecule has 0 bridgehead atoms. The van der Waals surface area contributed by atoms with Gasteiger partial charge in [0.1, 0.15) is 11.4 Å². The zero-order valence-corrected chi connectivity index (χ0v) is 35.1. The summed E-state index contributed by atoms with van der Waals surface area (Å²) in [5.74, 6) is 0.410. The molecule has 1 atom stereocenters. The Hall–Kier alpha value is -5.96. The molecule has 2 amide bonds. The van der Waals surface area contributed by atoms with E-state index in [4.69, 9.17) is 18.7 Å². The van der Waals surface area contributed by atoms with Gasteiger partial charge in [-0.2, -0.15) is 0 Å². The van der Waals surface area contributed by atoms with Crippen LogP contribution in [-0.2, 0) is 36.4 Å². The molecule has 1 fully saturated rings. The van der Waals surface area contributed by atoms with Crippen molar-refractivity contribution in [3.05, 3.63) is 119 Å². The number of phosphoric ester groups is 1. The van der Waals surface area contributed by atoms with Crippen LogP contribution in [0, 0.1) is 6.92 Å². The van der Waals surface area contributed by atoms with Gasteiger partial charge in [-0.3, -0.25) is 29.2 Å². The van der Waals surface area contributed by atoms with Crippen LogP contribution in [0.5, 0.6) is 17.2 Å². The Morgan fingerprint density at radius 1 is 0.918 bits per heavy atom. The lowest BCUT2D eigenvalue weighted by atomic mass is 9.90. The van der Waals surface area contributed by atoms with Crippen LogP contribution in [0.3, 0.4) is 0 Å². The molecule has 0 radical (unpaired) electrons. The van der Waals surface area contributed by atoms with E-state index in [2.05, 4.69) is 28.1 Å². The van der Waals surface area contributed by atoms with E-state index in [1.54, 1.807) is 30.5 Å². The van der Waals surface area contributed by atoms with Gasteiger partial charge in [0.25, 0.3) is 11.8 Å². The smallest absolute Gasteiger partial charge is 0.454 e. The van der Waals surface area contributed by atoms with Gasteiger partial charge in [-0.05, 0) is 98.5 Å². The Bertz CT molecular complexity index is 2680. The molecule has 61 heavy (non-hydrogen) atoms. The first kappa shape index (κ1) is 40.4. The minimum atomic E-state index is -4.81. The van der Waals surface area contributed by atoms with Gasteiger partial charge < -0.3 is 32.8 Å². The highest BCUT2D eigenvalue weighted by Crippen LogP contribution is 2.43. The summed E-state index contributed by atoms with van der Waals surface area (Å²) < 4.78 is 37.4. The SMILES string of the molecule is Cc1c(C(=O)N(c2ccc(OP(=O)(O)O)cc2)c2cnc3c(ccn3C)c2)cc(-c2cc3c(cc2C(=O)N2Cc4ccccc4C[C@H]2CCCN2CCOCC2)OCO3)n1C.